The first kappa shape index (κ1) is 12.7. The summed E-state index contributed by atoms with van der Waals surface area (Å²) in [6.07, 6.45) is 4.20. The van der Waals surface area contributed by atoms with E-state index in [9.17, 15) is 4.79 Å². The van der Waals surface area contributed by atoms with Crippen molar-refractivity contribution in [1.82, 2.24) is 4.90 Å². The molecule has 2 atom stereocenters. The molecule has 0 bridgehead atoms. The van der Waals surface area contributed by atoms with Crippen molar-refractivity contribution >= 4 is 6.09 Å². The molecule has 1 amide bonds. The van der Waals surface area contributed by atoms with Crippen LogP contribution in [0.2, 0.25) is 0 Å². The van der Waals surface area contributed by atoms with Gasteiger partial charge in [0.1, 0.15) is 5.60 Å². The summed E-state index contributed by atoms with van der Waals surface area (Å²) in [5.74, 6) is 0. The molecule has 2 rings (SSSR count). The Balaban J connectivity index is 1.88. The van der Waals surface area contributed by atoms with Crippen molar-refractivity contribution in [3.05, 3.63) is 0 Å². The highest BCUT2D eigenvalue weighted by molar-refractivity contribution is 5.68. The number of likely N-dealkylation sites (tertiary alicyclic amines) is 1. The summed E-state index contributed by atoms with van der Waals surface area (Å²) >= 11 is 0. The standard InChI is InChI=1S/C13H24N2O2/c1-12(2,3)17-11(16)15-7-4-5-13(6-8-15)9-10(13)14/h10H,4-9,14H2,1-3H3. The predicted octanol–water partition coefficient (Wildman–Crippen LogP) is 2.12. The molecule has 0 aromatic rings. The molecule has 1 aliphatic heterocycles. The van der Waals surface area contributed by atoms with Crippen LogP contribution in [0.3, 0.4) is 0 Å². The largest absolute Gasteiger partial charge is 0.444 e. The lowest BCUT2D eigenvalue weighted by Crippen LogP contribution is -2.37. The Bertz CT molecular complexity index is 311. The van der Waals surface area contributed by atoms with Gasteiger partial charge in [-0.2, -0.15) is 0 Å². The number of rotatable bonds is 0. The second kappa shape index (κ2) is 4.16. The van der Waals surface area contributed by atoms with Gasteiger partial charge in [0, 0.05) is 19.1 Å². The summed E-state index contributed by atoms with van der Waals surface area (Å²) in [5.41, 5.74) is 5.93. The highest BCUT2D eigenvalue weighted by atomic mass is 16.6. The summed E-state index contributed by atoms with van der Waals surface area (Å²) in [4.78, 5) is 13.8. The van der Waals surface area contributed by atoms with Gasteiger partial charge in [-0.3, -0.25) is 0 Å². The van der Waals surface area contributed by atoms with E-state index in [4.69, 9.17) is 10.5 Å². The monoisotopic (exact) mass is 240 g/mol. The Morgan fingerprint density at radius 3 is 2.53 bits per heavy atom. The molecule has 1 saturated carbocycles. The van der Waals surface area contributed by atoms with Crippen molar-refractivity contribution in [2.75, 3.05) is 13.1 Å². The molecule has 2 unspecified atom stereocenters. The van der Waals surface area contributed by atoms with Gasteiger partial charge in [0.05, 0.1) is 0 Å². The molecule has 1 saturated heterocycles. The van der Waals surface area contributed by atoms with E-state index in [0.717, 1.165) is 38.8 Å². The normalized spacial score (nSPS) is 33.4. The average Bonchev–Trinajstić information content (AvgIpc) is 2.86. The van der Waals surface area contributed by atoms with E-state index in [-0.39, 0.29) is 6.09 Å². The van der Waals surface area contributed by atoms with Crippen LogP contribution in [0.25, 0.3) is 0 Å². The second-order valence-corrected chi connectivity index (χ2v) is 6.49. The molecule has 0 aromatic carbocycles. The number of hydrogen-bond acceptors (Lipinski definition) is 3. The molecule has 1 spiro atoms. The molecular weight excluding hydrogens is 216 g/mol. The summed E-state index contributed by atoms with van der Waals surface area (Å²) in [6, 6.07) is 0.362. The quantitative estimate of drug-likeness (QED) is 0.705. The zero-order valence-corrected chi connectivity index (χ0v) is 11.2. The van der Waals surface area contributed by atoms with Crippen LogP contribution in [-0.4, -0.2) is 35.7 Å². The highest BCUT2D eigenvalue weighted by Gasteiger charge is 2.51. The third-order valence-corrected chi connectivity index (χ3v) is 3.89. The Labute approximate surface area is 103 Å². The smallest absolute Gasteiger partial charge is 0.410 e. The van der Waals surface area contributed by atoms with Crippen LogP contribution >= 0.6 is 0 Å². The first-order chi connectivity index (χ1) is 7.82. The molecule has 4 nitrogen and oxygen atoms in total. The lowest BCUT2D eigenvalue weighted by atomic mass is 9.97. The van der Waals surface area contributed by atoms with E-state index in [0.29, 0.717) is 11.5 Å². The Morgan fingerprint density at radius 1 is 1.35 bits per heavy atom. The number of ether oxygens (including phenoxy) is 1. The number of nitrogens with zero attached hydrogens (tertiary/aromatic N) is 1. The number of carbonyl (C=O) groups excluding carboxylic acids is 1. The lowest BCUT2D eigenvalue weighted by molar-refractivity contribution is 0.0254. The average molecular weight is 240 g/mol. The van der Waals surface area contributed by atoms with Gasteiger partial charge in [0.2, 0.25) is 0 Å². The molecule has 0 aromatic heterocycles. The fraction of sp³-hybridized carbons (Fsp3) is 0.923. The van der Waals surface area contributed by atoms with E-state index < -0.39 is 5.60 Å². The van der Waals surface area contributed by atoms with Gasteiger partial charge in [-0.25, -0.2) is 4.79 Å². The number of nitrogens with two attached hydrogens (primary N) is 1. The Hall–Kier alpha value is -0.770. The van der Waals surface area contributed by atoms with Crippen molar-refractivity contribution in [3.63, 3.8) is 0 Å². The summed E-state index contributed by atoms with van der Waals surface area (Å²) in [5, 5.41) is 0. The van der Waals surface area contributed by atoms with Crippen LogP contribution in [-0.2, 0) is 4.74 Å². The van der Waals surface area contributed by atoms with Crippen LogP contribution in [0.4, 0.5) is 4.79 Å². The maximum Gasteiger partial charge on any atom is 0.410 e. The van der Waals surface area contributed by atoms with Crippen LogP contribution in [0.15, 0.2) is 0 Å². The highest BCUT2D eigenvalue weighted by Crippen LogP contribution is 2.52. The first-order valence-corrected chi connectivity index (χ1v) is 6.56. The molecule has 1 aliphatic carbocycles. The van der Waals surface area contributed by atoms with Gasteiger partial charge < -0.3 is 15.4 Å². The minimum atomic E-state index is -0.406. The zero-order chi connectivity index (χ0) is 12.7. The summed E-state index contributed by atoms with van der Waals surface area (Å²) in [7, 11) is 0. The summed E-state index contributed by atoms with van der Waals surface area (Å²) in [6.45, 7) is 7.31. The first-order valence-electron chi connectivity index (χ1n) is 6.56. The molecule has 98 valence electrons. The van der Waals surface area contributed by atoms with Crippen molar-refractivity contribution in [1.29, 1.82) is 0 Å². The van der Waals surface area contributed by atoms with Gasteiger partial charge in [0.15, 0.2) is 0 Å². The number of hydrogen-bond donors (Lipinski definition) is 1. The van der Waals surface area contributed by atoms with E-state index in [2.05, 4.69) is 0 Å². The van der Waals surface area contributed by atoms with Crippen LogP contribution in [0.5, 0.6) is 0 Å². The molecule has 17 heavy (non-hydrogen) atoms. The van der Waals surface area contributed by atoms with E-state index in [1.807, 2.05) is 25.7 Å². The molecule has 4 heteroatoms. The van der Waals surface area contributed by atoms with Crippen molar-refractivity contribution < 1.29 is 9.53 Å². The molecule has 2 aliphatic rings. The number of carbonyl (C=O) groups is 1. The van der Waals surface area contributed by atoms with Gasteiger partial charge in [0.25, 0.3) is 0 Å². The molecule has 2 fully saturated rings. The third-order valence-electron chi connectivity index (χ3n) is 3.89. The van der Waals surface area contributed by atoms with Gasteiger partial charge in [-0.15, -0.1) is 0 Å². The van der Waals surface area contributed by atoms with E-state index in [1.54, 1.807) is 0 Å². The van der Waals surface area contributed by atoms with Crippen LogP contribution < -0.4 is 5.73 Å². The van der Waals surface area contributed by atoms with E-state index in [1.165, 1.54) is 0 Å². The van der Waals surface area contributed by atoms with Gasteiger partial charge in [-0.05, 0) is 51.9 Å². The van der Waals surface area contributed by atoms with E-state index >= 15 is 0 Å². The molecule has 0 radical (unpaired) electrons. The van der Waals surface area contributed by atoms with Gasteiger partial charge in [-0.1, -0.05) is 0 Å². The van der Waals surface area contributed by atoms with Crippen molar-refractivity contribution in [2.24, 2.45) is 11.1 Å². The Morgan fingerprint density at radius 2 is 2.00 bits per heavy atom. The summed E-state index contributed by atoms with van der Waals surface area (Å²) < 4.78 is 5.40. The molecule has 2 N–H and O–H groups in total. The minimum absolute atomic E-state index is 0.177. The second-order valence-electron chi connectivity index (χ2n) is 6.49. The molecule has 1 heterocycles. The maximum absolute atomic E-state index is 12.0. The maximum atomic E-state index is 12.0. The lowest BCUT2D eigenvalue weighted by Gasteiger charge is -2.26. The predicted molar refractivity (Wildman–Crippen MR) is 66.7 cm³/mol. The van der Waals surface area contributed by atoms with Crippen LogP contribution in [0.1, 0.15) is 46.5 Å². The zero-order valence-electron chi connectivity index (χ0n) is 11.2. The van der Waals surface area contributed by atoms with Crippen LogP contribution in [0, 0.1) is 5.41 Å². The van der Waals surface area contributed by atoms with Crippen molar-refractivity contribution in [3.8, 4) is 0 Å². The topological polar surface area (TPSA) is 55.6 Å². The van der Waals surface area contributed by atoms with Crippen molar-refractivity contribution in [2.45, 2.75) is 58.1 Å². The third kappa shape index (κ3) is 2.92. The fourth-order valence-corrected chi connectivity index (χ4v) is 2.68. The number of amides is 1. The van der Waals surface area contributed by atoms with Gasteiger partial charge >= 0.3 is 6.09 Å². The fourth-order valence-electron chi connectivity index (χ4n) is 2.68. The Kier molecular flexibility index (Phi) is 3.10. The minimum Gasteiger partial charge on any atom is -0.444 e. The SMILES string of the molecule is CC(C)(C)OC(=O)N1CCCC2(CC1)CC2N. The molecular formula is C13H24N2O2.